The number of carbonyl (C=O) groups excluding carboxylic acids is 2. The van der Waals surface area contributed by atoms with Gasteiger partial charge >= 0.3 is 0 Å². The van der Waals surface area contributed by atoms with Gasteiger partial charge in [-0.15, -0.1) is 0 Å². The van der Waals surface area contributed by atoms with E-state index in [0.29, 0.717) is 18.5 Å². The summed E-state index contributed by atoms with van der Waals surface area (Å²) < 4.78 is 5.38. The molecule has 0 saturated carbocycles. The van der Waals surface area contributed by atoms with Crippen LogP contribution in [0, 0.1) is 0 Å². The molecule has 1 atom stereocenters. The van der Waals surface area contributed by atoms with Crippen molar-refractivity contribution in [3.8, 4) is 0 Å². The SMILES string of the molecule is CN(C(=O)c1cn[nH]c1[C@@H]1CCCN(C(=O)CCN2CCOCC2)C1)c1ccccc1. The molecule has 166 valence electrons. The van der Waals surface area contributed by atoms with Crippen molar-refractivity contribution < 1.29 is 14.3 Å². The number of para-hydroxylation sites is 1. The van der Waals surface area contributed by atoms with Gasteiger partial charge in [-0.2, -0.15) is 5.10 Å². The fourth-order valence-corrected chi connectivity index (χ4v) is 4.40. The number of morpholine rings is 1. The number of likely N-dealkylation sites (tertiary alicyclic amines) is 1. The van der Waals surface area contributed by atoms with Crippen molar-refractivity contribution in [1.82, 2.24) is 20.0 Å². The molecule has 8 heteroatoms. The Bertz CT molecular complexity index is 878. The summed E-state index contributed by atoms with van der Waals surface area (Å²) in [5, 5.41) is 7.22. The van der Waals surface area contributed by atoms with Crippen molar-refractivity contribution >= 4 is 17.5 Å². The lowest BCUT2D eigenvalue weighted by atomic mass is 9.92. The van der Waals surface area contributed by atoms with E-state index in [4.69, 9.17) is 4.74 Å². The summed E-state index contributed by atoms with van der Waals surface area (Å²) in [6.45, 7) is 5.45. The maximum absolute atomic E-state index is 13.1. The molecule has 2 amide bonds. The molecule has 8 nitrogen and oxygen atoms in total. The number of hydrogen-bond acceptors (Lipinski definition) is 5. The third kappa shape index (κ3) is 5.14. The number of benzene rings is 1. The molecule has 2 saturated heterocycles. The number of anilines is 1. The first-order valence-corrected chi connectivity index (χ1v) is 11.1. The lowest BCUT2D eigenvalue weighted by molar-refractivity contribution is -0.133. The number of aromatic nitrogens is 2. The molecule has 0 unspecified atom stereocenters. The lowest BCUT2D eigenvalue weighted by Crippen LogP contribution is -2.42. The Morgan fingerprint density at radius 2 is 1.97 bits per heavy atom. The minimum absolute atomic E-state index is 0.0895. The summed E-state index contributed by atoms with van der Waals surface area (Å²) in [5.74, 6) is 0.183. The summed E-state index contributed by atoms with van der Waals surface area (Å²) in [4.78, 5) is 31.8. The Kier molecular flexibility index (Phi) is 6.99. The molecule has 0 bridgehead atoms. The molecular weight excluding hydrogens is 394 g/mol. The van der Waals surface area contributed by atoms with E-state index in [9.17, 15) is 9.59 Å². The fourth-order valence-electron chi connectivity index (χ4n) is 4.40. The molecule has 1 N–H and O–H groups in total. The molecule has 4 rings (SSSR count). The van der Waals surface area contributed by atoms with Crippen molar-refractivity contribution in [2.75, 3.05) is 57.9 Å². The van der Waals surface area contributed by atoms with E-state index in [2.05, 4.69) is 15.1 Å². The number of nitrogens with zero attached hydrogens (tertiary/aromatic N) is 4. The quantitative estimate of drug-likeness (QED) is 0.767. The molecule has 3 heterocycles. The minimum Gasteiger partial charge on any atom is -0.379 e. The van der Waals surface area contributed by atoms with Crippen LogP contribution in [0.5, 0.6) is 0 Å². The van der Waals surface area contributed by atoms with E-state index in [0.717, 1.165) is 63.6 Å². The highest BCUT2D eigenvalue weighted by Crippen LogP contribution is 2.29. The number of amides is 2. The number of rotatable bonds is 6. The largest absolute Gasteiger partial charge is 0.379 e. The highest BCUT2D eigenvalue weighted by molar-refractivity contribution is 6.06. The summed E-state index contributed by atoms with van der Waals surface area (Å²) in [5.41, 5.74) is 2.25. The molecule has 31 heavy (non-hydrogen) atoms. The predicted octanol–water partition coefficient (Wildman–Crippen LogP) is 2.11. The second-order valence-corrected chi connectivity index (χ2v) is 8.28. The lowest BCUT2D eigenvalue weighted by Gasteiger charge is -2.34. The number of aromatic amines is 1. The Labute approximate surface area is 183 Å². The first-order chi connectivity index (χ1) is 15.1. The van der Waals surface area contributed by atoms with Gasteiger partial charge in [0.1, 0.15) is 0 Å². The maximum Gasteiger partial charge on any atom is 0.261 e. The first-order valence-electron chi connectivity index (χ1n) is 11.1. The minimum atomic E-state index is -0.0919. The van der Waals surface area contributed by atoms with E-state index in [1.165, 1.54) is 0 Å². The van der Waals surface area contributed by atoms with Gasteiger partial charge in [-0.25, -0.2) is 0 Å². The van der Waals surface area contributed by atoms with Gasteiger partial charge in [0.25, 0.3) is 5.91 Å². The van der Waals surface area contributed by atoms with E-state index >= 15 is 0 Å². The number of nitrogens with one attached hydrogen (secondary N) is 1. The van der Waals surface area contributed by atoms with Gasteiger partial charge < -0.3 is 14.5 Å². The van der Waals surface area contributed by atoms with Gasteiger partial charge in [-0.05, 0) is 25.0 Å². The van der Waals surface area contributed by atoms with E-state index in [1.54, 1.807) is 18.1 Å². The highest BCUT2D eigenvalue weighted by Gasteiger charge is 2.30. The van der Waals surface area contributed by atoms with Crippen LogP contribution >= 0.6 is 0 Å². The van der Waals surface area contributed by atoms with Crippen molar-refractivity contribution in [3.05, 3.63) is 47.8 Å². The smallest absolute Gasteiger partial charge is 0.261 e. The summed E-state index contributed by atoms with van der Waals surface area (Å²) in [6, 6.07) is 9.58. The van der Waals surface area contributed by atoms with Crippen molar-refractivity contribution in [1.29, 1.82) is 0 Å². The monoisotopic (exact) mass is 425 g/mol. The second-order valence-electron chi connectivity index (χ2n) is 8.28. The van der Waals surface area contributed by atoms with Gasteiger partial charge in [0.2, 0.25) is 5.91 Å². The Balaban J connectivity index is 1.39. The van der Waals surface area contributed by atoms with E-state index < -0.39 is 0 Å². The van der Waals surface area contributed by atoms with Gasteiger partial charge in [-0.1, -0.05) is 18.2 Å². The zero-order valence-electron chi connectivity index (χ0n) is 18.1. The topological polar surface area (TPSA) is 81.8 Å². The van der Waals surface area contributed by atoms with E-state index in [-0.39, 0.29) is 17.7 Å². The molecule has 1 aromatic carbocycles. The molecule has 2 fully saturated rings. The Hall–Kier alpha value is -2.71. The normalized spacial score (nSPS) is 19.9. The predicted molar refractivity (Wildman–Crippen MR) is 118 cm³/mol. The van der Waals surface area contributed by atoms with Crippen molar-refractivity contribution in [3.63, 3.8) is 0 Å². The summed E-state index contributed by atoms with van der Waals surface area (Å²) in [7, 11) is 1.77. The van der Waals surface area contributed by atoms with E-state index in [1.807, 2.05) is 35.2 Å². The number of carbonyl (C=O) groups is 2. The van der Waals surface area contributed by atoms with Gasteiger partial charge in [-0.3, -0.25) is 19.6 Å². The highest BCUT2D eigenvalue weighted by atomic mass is 16.5. The van der Waals surface area contributed by atoms with Crippen molar-refractivity contribution in [2.45, 2.75) is 25.2 Å². The fraction of sp³-hybridized carbons (Fsp3) is 0.522. The average molecular weight is 426 g/mol. The number of hydrogen-bond donors (Lipinski definition) is 1. The van der Waals surface area contributed by atoms with Crippen LogP contribution in [0.3, 0.4) is 0 Å². The molecule has 2 aliphatic heterocycles. The van der Waals surface area contributed by atoms with Gasteiger partial charge in [0, 0.05) is 57.8 Å². The third-order valence-corrected chi connectivity index (χ3v) is 6.28. The molecule has 2 aromatic rings. The van der Waals surface area contributed by atoms with Crippen LogP contribution in [-0.2, 0) is 9.53 Å². The van der Waals surface area contributed by atoms with Crippen LogP contribution in [0.2, 0.25) is 0 Å². The number of ether oxygens (including phenoxy) is 1. The number of piperidine rings is 1. The van der Waals surface area contributed by atoms with Crippen LogP contribution < -0.4 is 4.90 Å². The summed E-state index contributed by atoms with van der Waals surface area (Å²) >= 11 is 0. The van der Waals surface area contributed by atoms with Crippen LogP contribution in [0.4, 0.5) is 5.69 Å². The summed E-state index contributed by atoms with van der Waals surface area (Å²) in [6.07, 6.45) is 3.99. The molecule has 0 aliphatic carbocycles. The zero-order chi connectivity index (χ0) is 21.6. The first kappa shape index (κ1) is 21.5. The zero-order valence-corrected chi connectivity index (χ0v) is 18.1. The average Bonchev–Trinajstić information content (AvgIpc) is 3.33. The standard InChI is InChI=1S/C23H31N5O3/c1-26(19-7-3-2-4-8-19)23(30)20-16-24-25-22(20)18-6-5-10-28(17-18)21(29)9-11-27-12-14-31-15-13-27/h2-4,7-8,16,18H,5-6,9-15,17H2,1H3,(H,24,25)/t18-/m1/s1. The molecule has 2 aliphatic rings. The van der Waals surface area contributed by atoms with Crippen LogP contribution in [-0.4, -0.2) is 84.8 Å². The molecule has 0 spiro atoms. The molecule has 0 radical (unpaired) electrons. The van der Waals surface area contributed by atoms with Crippen LogP contribution in [0.15, 0.2) is 36.5 Å². The second kappa shape index (κ2) is 10.1. The molecule has 1 aromatic heterocycles. The maximum atomic E-state index is 13.1. The Morgan fingerprint density at radius 1 is 1.19 bits per heavy atom. The van der Waals surface area contributed by atoms with Gasteiger partial charge in [0.15, 0.2) is 0 Å². The Morgan fingerprint density at radius 3 is 2.74 bits per heavy atom. The van der Waals surface area contributed by atoms with Crippen LogP contribution in [0.1, 0.15) is 41.2 Å². The van der Waals surface area contributed by atoms with Gasteiger partial charge in [0.05, 0.1) is 30.7 Å². The van der Waals surface area contributed by atoms with Crippen molar-refractivity contribution in [2.24, 2.45) is 0 Å². The third-order valence-electron chi connectivity index (χ3n) is 6.28. The molecular formula is C23H31N5O3. The number of H-pyrrole nitrogens is 1. The van der Waals surface area contributed by atoms with Crippen LogP contribution in [0.25, 0.3) is 0 Å².